The van der Waals surface area contributed by atoms with Crippen LogP contribution in [-0.2, 0) is 0 Å². The number of allylic oxidation sites excluding steroid dienone is 2. The fourth-order valence-corrected chi connectivity index (χ4v) is 0.510. The molecule has 0 bridgehead atoms. The maximum atomic E-state index is 3.00. The van der Waals surface area contributed by atoms with Gasteiger partial charge in [-0.25, -0.2) is 0 Å². The number of hydrogen-bond acceptors (Lipinski definition) is 1. The third-order valence-corrected chi connectivity index (χ3v) is 0.907. The molecule has 0 N–H and O–H groups in total. The molecule has 0 radical (unpaired) electrons. The van der Waals surface area contributed by atoms with Crippen molar-refractivity contribution in [2.45, 2.75) is 0 Å². The fourth-order valence-electron chi connectivity index (χ4n) is 0.510. The second kappa shape index (κ2) is 3.87. The molecule has 0 aliphatic carbocycles. The Kier molecular flexibility index (Phi) is 3.83. The molecule has 0 saturated carbocycles. The van der Waals surface area contributed by atoms with Gasteiger partial charge in [-0.05, 0) is 0 Å². The molecule has 0 saturated heterocycles. The summed E-state index contributed by atoms with van der Waals surface area (Å²) in [6.45, 7) is 0.997. The molecule has 0 unspecified atom stereocenters. The van der Waals surface area contributed by atoms with E-state index in [9.17, 15) is 0 Å². The zero-order chi connectivity index (χ0) is 5.11. The minimum Gasteiger partial charge on any atom is -1.00 e. The van der Waals surface area contributed by atoms with Crippen molar-refractivity contribution >= 4 is 0 Å². The van der Waals surface area contributed by atoms with Gasteiger partial charge in [0, 0.05) is 13.1 Å². The minimum atomic E-state index is 0. The molecule has 0 aromatic heterocycles. The van der Waals surface area contributed by atoms with Gasteiger partial charge in [0.2, 0.25) is 0 Å². The van der Waals surface area contributed by atoms with Gasteiger partial charge >= 0.3 is 0 Å². The highest BCUT2D eigenvalue weighted by Crippen LogP contribution is 1.90. The van der Waals surface area contributed by atoms with Gasteiger partial charge in [0.25, 0.3) is 0 Å². The molecular formula is C6H8IN. The molecule has 0 spiro atoms. The molecule has 0 fully saturated rings. The van der Waals surface area contributed by atoms with Crippen LogP contribution in [0.25, 0.3) is 0 Å². The van der Waals surface area contributed by atoms with Gasteiger partial charge < -0.3 is 24.0 Å². The van der Waals surface area contributed by atoms with E-state index in [1.807, 2.05) is 24.1 Å². The summed E-state index contributed by atoms with van der Waals surface area (Å²) in [5, 5.41) is 0. The summed E-state index contributed by atoms with van der Waals surface area (Å²) < 4.78 is 0. The molecule has 1 nitrogen and oxygen atoms in total. The molecule has 1 heterocycles. The van der Waals surface area contributed by atoms with Crippen LogP contribution in [0.5, 0.6) is 0 Å². The van der Waals surface area contributed by atoms with E-state index >= 15 is 0 Å². The average Bonchev–Trinajstić information content (AvgIpc) is 1.69. The van der Waals surface area contributed by atoms with E-state index < -0.39 is 0 Å². The molecule has 0 aromatic rings. The van der Waals surface area contributed by atoms with Crippen LogP contribution in [0.15, 0.2) is 18.2 Å². The Hall–Kier alpha value is -0.0800. The number of likely N-dealkylation sites (N-methyl/N-ethyl adjacent to an activating group) is 1. The third-order valence-electron chi connectivity index (χ3n) is 0.907. The number of hydrogen-bond donors (Lipinski definition) is 0. The van der Waals surface area contributed by atoms with Gasteiger partial charge in [0.1, 0.15) is 0 Å². The molecule has 1 aliphatic rings. The van der Waals surface area contributed by atoms with Gasteiger partial charge in [-0.1, -0.05) is 0 Å². The summed E-state index contributed by atoms with van der Waals surface area (Å²) in [5.74, 6) is 0. The predicted octanol–water partition coefficient (Wildman–Crippen LogP) is -2.19. The third kappa shape index (κ3) is 2.28. The van der Waals surface area contributed by atoms with Crippen LogP contribution in [0.1, 0.15) is 0 Å². The van der Waals surface area contributed by atoms with Crippen molar-refractivity contribution in [2.24, 2.45) is 0 Å². The molecule has 0 amide bonds. The number of halogens is 1. The average molecular weight is 221 g/mol. The van der Waals surface area contributed by atoms with Crippen molar-refractivity contribution in [1.29, 1.82) is 0 Å². The first kappa shape index (κ1) is 7.92. The van der Waals surface area contributed by atoms with Crippen LogP contribution in [0, 0.1) is 6.20 Å². The zero-order valence-corrected chi connectivity index (χ0v) is 6.92. The Balaban J connectivity index is 0.000000490. The van der Waals surface area contributed by atoms with Crippen LogP contribution in [0.3, 0.4) is 0 Å². The number of nitrogens with zero attached hydrogens (tertiary/aromatic N) is 1. The molecule has 0 atom stereocenters. The second-order valence-electron chi connectivity index (χ2n) is 1.60. The van der Waals surface area contributed by atoms with E-state index in [0.717, 1.165) is 6.54 Å². The van der Waals surface area contributed by atoms with Crippen LogP contribution in [0.4, 0.5) is 0 Å². The van der Waals surface area contributed by atoms with Crippen molar-refractivity contribution in [3.8, 4) is 0 Å². The Labute approximate surface area is 67.1 Å². The lowest BCUT2D eigenvalue weighted by Gasteiger charge is -2.00. The van der Waals surface area contributed by atoms with Crippen LogP contribution in [-0.4, -0.2) is 18.5 Å². The maximum absolute atomic E-state index is 3.00. The van der Waals surface area contributed by atoms with Gasteiger partial charge in [0.15, 0.2) is 12.3 Å². The standard InChI is InChI=1S/C6H8N.HI/c1-7-5-3-2-4-6-7;/h2-4H,5H2,1H3;1H/q+1;/p-1. The summed E-state index contributed by atoms with van der Waals surface area (Å²) in [6, 6.07) is 0. The Morgan fingerprint density at radius 3 is 2.62 bits per heavy atom. The highest BCUT2D eigenvalue weighted by Gasteiger charge is 1.97. The fraction of sp³-hybridized carbons (Fsp3) is 0.333. The molecule has 8 heavy (non-hydrogen) atoms. The van der Waals surface area contributed by atoms with Gasteiger partial charge in [-0.3, -0.25) is 4.90 Å². The first-order chi connectivity index (χ1) is 3.39. The Bertz CT molecular complexity index is 107. The summed E-state index contributed by atoms with van der Waals surface area (Å²) in [6.07, 6.45) is 9.00. The summed E-state index contributed by atoms with van der Waals surface area (Å²) in [7, 11) is 2.00. The zero-order valence-electron chi connectivity index (χ0n) is 4.76. The molecular weight excluding hydrogens is 213 g/mol. The number of rotatable bonds is 0. The first-order valence-corrected chi connectivity index (χ1v) is 2.35. The Morgan fingerprint density at radius 2 is 2.38 bits per heavy atom. The van der Waals surface area contributed by atoms with Crippen LogP contribution < -0.4 is 24.0 Å². The molecule has 1 aliphatic heterocycles. The van der Waals surface area contributed by atoms with Crippen molar-refractivity contribution in [3.63, 3.8) is 0 Å². The van der Waals surface area contributed by atoms with E-state index in [1.165, 1.54) is 0 Å². The highest BCUT2D eigenvalue weighted by molar-refractivity contribution is 5.04. The van der Waals surface area contributed by atoms with E-state index in [-0.39, 0.29) is 24.0 Å². The summed E-state index contributed by atoms with van der Waals surface area (Å²) in [5.41, 5.74) is 0. The van der Waals surface area contributed by atoms with Gasteiger partial charge in [-0.15, -0.1) is 0 Å². The summed E-state index contributed by atoms with van der Waals surface area (Å²) in [4.78, 5) is 2.00. The minimum absolute atomic E-state index is 0. The molecule has 0 aromatic carbocycles. The lowest BCUT2D eigenvalue weighted by atomic mass is 10.4. The first-order valence-electron chi connectivity index (χ1n) is 2.35. The molecule has 44 valence electrons. The highest BCUT2D eigenvalue weighted by atomic mass is 127. The Morgan fingerprint density at radius 1 is 1.62 bits per heavy atom. The van der Waals surface area contributed by atoms with Gasteiger partial charge in [0.05, 0.1) is 12.6 Å². The smallest absolute Gasteiger partial charge is 0.190 e. The lowest BCUT2D eigenvalue weighted by Crippen LogP contribution is -3.00. The van der Waals surface area contributed by atoms with Crippen molar-refractivity contribution in [1.82, 2.24) is 4.90 Å². The molecule has 1 rings (SSSR count). The monoisotopic (exact) mass is 221 g/mol. The normalized spacial score (nSPS) is 14.9. The lowest BCUT2D eigenvalue weighted by molar-refractivity contribution is -0.00000148. The molecule has 2 heteroatoms. The van der Waals surface area contributed by atoms with E-state index in [2.05, 4.69) is 12.3 Å². The van der Waals surface area contributed by atoms with E-state index in [4.69, 9.17) is 0 Å². The van der Waals surface area contributed by atoms with E-state index in [0.29, 0.717) is 0 Å². The van der Waals surface area contributed by atoms with Crippen molar-refractivity contribution in [3.05, 3.63) is 24.4 Å². The topological polar surface area (TPSA) is 3.24 Å². The van der Waals surface area contributed by atoms with Crippen LogP contribution >= 0.6 is 0 Å². The quantitative estimate of drug-likeness (QED) is 0.332. The summed E-state index contributed by atoms with van der Waals surface area (Å²) >= 11 is 0. The van der Waals surface area contributed by atoms with Crippen molar-refractivity contribution < 1.29 is 24.0 Å². The van der Waals surface area contributed by atoms with Gasteiger partial charge in [-0.2, -0.15) is 0 Å². The second-order valence-corrected chi connectivity index (χ2v) is 1.60. The van der Waals surface area contributed by atoms with Crippen LogP contribution in [0.2, 0.25) is 0 Å². The largest absolute Gasteiger partial charge is 1.00 e. The van der Waals surface area contributed by atoms with Crippen molar-refractivity contribution in [2.75, 3.05) is 13.6 Å². The maximum Gasteiger partial charge on any atom is 0.190 e. The van der Waals surface area contributed by atoms with E-state index in [1.54, 1.807) is 0 Å². The predicted molar refractivity (Wildman–Crippen MR) is 29.6 cm³/mol. The SMILES string of the molecule is CN1[C+]=CC=CC1.[I-].